The van der Waals surface area contributed by atoms with Gasteiger partial charge in [-0.2, -0.15) is 0 Å². The van der Waals surface area contributed by atoms with Crippen molar-refractivity contribution in [2.24, 2.45) is 5.14 Å². The van der Waals surface area contributed by atoms with Crippen molar-refractivity contribution < 1.29 is 27.5 Å². The van der Waals surface area contributed by atoms with E-state index in [-0.39, 0.29) is 9.50 Å². The molecule has 1 saturated heterocycles. The number of aromatic carboxylic acids is 1. The van der Waals surface area contributed by atoms with E-state index in [1.54, 1.807) is 0 Å². The minimum Gasteiger partial charge on any atom is -0.478 e. The summed E-state index contributed by atoms with van der Waals surface area (Å²) in [6.07, 6.45) is -0.447. The molecular weight excluding hydrogens is 407 g/mol. The topological polar surface area (TPSA) is 118 Å². The zero-order valence-corrected chi connectivity index (χ0v) is 13.9. The lowest BCUT2D eigenvalue weighted by atomic mass is 10.1. The molecule has 1 aromatic rings. The van der Waals surface area contributed by atoms with Gasteiger partial charge in [0, 0.05) is 13.0 Å². The number of carbonyl (C=O) groups excluding carboxylic acids is 1. The van der Waals surface area contributed by atoms with E-state index >= 15 is 0 Å². The van der Waals surface area contributed by atoms with Crippen molar-refractivity contribution in [2.45, 2.75) is 11.7 Å². The van der Waals surface area contributed by atoms with Crippen LogP contribution in [0.15, 0.2) is 10.5 Å². The predicted octanol–water partition coefficient (Wildman–Crippen LogP) is 1.33. The Bertz CT molecular complexity index is 785. The average Bonchev–Trinajstić information content (AvgIpc) is 2.77. The molecule has 1 aromatic carbocycles. The van der Waals surface area contributed by atoms with Crippen molar-refractivity contribution in [3.63, 3.8) is 0 Å². The van der Waals surface area contributed by atoms with Crippen molar-refractivity contribution in [3.05, 3.63) is 26.9 Å². The molecule has 1 atom stereocenters. The third kappa shape index (κ3) is 2.96. The van der Waals surface area contributed by atoms with Gasteiger partial charge in [-0.25, -0.2) is 22.7 Å². The number of carboxylic acids is 1. The summed E-state index contributed by atoms with van der Waals surface area (Å²) in [5, 5.41) is 12.7. The molecule has 1 aliphatic rings. The number of nitrogens with zero attached hydrogens (tertiary/aromatic N) is 1. The van der Waals surface area contributed by atoms with Crippen LogP contribution in [0.1, 0.15) is 16.8 Å². The van der Waals surface area contributed by atoms with Crippen molar-refractivity contribution >= 4 is 55.1 Å². The molecule has 1 heterocycles. The Morgan fingerprint density at radius 3 is 2.59 bits per heavy atom. The van der Waals surface area contributed by atoms with Gasteiger partial charge in [0.05, 0.1) is 20.7 Å². The highest BCUT2D eigenvalue weighted by Gasteiger charge is 2.40. The van der Waals surface area contributed by atoms with Crippen LogP contribution in [0.2, 0.25) is 5.02 Å². The fraction of sp³-hybridized carbons (Fsp3) is 0.273. The van der Waals surface area contributed by atoms with E-state index in [1.807, 2.05) is 0 Å². The Kier molecular flexibility index (Phi) is 4.49. The second-order valence-corrected chi connectivity index (χ2v) is 7.65. The number of carboxylic acid groups (broad SMARTS) is 1. The van der Waals surface area contributed by atoms with Crippen LogP contribution in [0.3, 0.4) is 0 Å². The van der Waals surface area contributed by atoms with Crippen LogP contribution in [0, 0.1) is 5.82 Å². The van der Waals surface area contributed by atoms with Crippen LogP contribution in [0.5, 0.6) is 0 Å². The summed E-state index contributed by atoms with van der Waals surface area (Å²) in [5.74, 6) is -3.31. The zero-order valence-electron chi connectivity index (χ0n) is 10.7. The number of hydrogen-bond donors (Lipinski definition) is 2. The lowest BCUT2D eigenvalue weighted by Crippen LogP contribution is -2.33. The molecule has 3 N–H and O–H groups in total. The number of sulfonamides is 1. The molecule has 0 radical (unpaired) electrons. The van der Waals surface area contributed by atoms with Crippen molar-refractivity contribution in [3.8, 4) is 0 Å². The van der Waals surface area contributed by atoms with Gasteiger partial charge in [-0.3, -0.25) is 4.79 Å². The molecule has 120 valence electrons. The van der Waals surface area contributed by atoms with Gasteiger partial charge in [-0.15, -0.1) is 0 Å². The highest BCUT2D eigenvalue weighted by atomic mass is 79.9. The van der Waals surface area contributed by atoms with Crippen LogP contribution in [0.25, 0.3) is 0 Å². The van der Waals surface area contributed by atoms with E-state index in [9.17, 15) is 22.4 Å². The summed E-state index contributed by atoms with van der Waals surface area (Å²) in [6, 6.07) is 0.976. The van der Waals surface area contributed by atoms with Crippen LogP contribution < -0.4 is 10.0 Å². The first kappa shape index (κ1) is 17.1. The van der Waals surface area contributed by atoms with Gasteiger partial charge in [0.1, 0.15) is 5.25 Å². The van der Waals surface area contributed by atoms with Gasteiger partial charge >= 0.3 is 5.97 Å². The minimum atomic E-state index is -4.01. The van der Waals surface area contributed by atoms with Gasteiger partial charge in [-0.1, -0.05) is 11.6 Å². The molecule has 1 amide bonds. The van der Waals surface area contributed by atoms with Crippen LogP contribution in [-0.2, 0) is 14.8 Å². The SMILES string of the molecule is NS(=O)(=O)C1CC(=O)N(c2c(C(=O)O)cc(Cl)c(Br)c2F)C1. The summed E-state index contributed by atoms with van der Waals surface area (Å²) >= 11 is 8.56. The molecule has 1 aliphatic heterocycles. The van der Waals surface area contributed by atoms with Crippen molar-refractivity contribution in [2.75, 3.05) is 11.4 Å². The van der Waals surface area contributed by atoms with E-state index in [2.05, 4.69) is 15.9 Å². The quantitative estimate of drug-likeness (QED) is 0.722. The first-order valence-electron chi connectivity index (χ1n) is 5.76. The monoisotopic (exact) mass is 414 g/mol. The highest BCUT2D eigenvalue weighted by Crippen LogP contribution is 2.38. The number of halogens is 3. The van der Waals surface area contributed by atoms with Gasteiger partial charge in [0.15, 0.2) is 5.82 Å². The van der Waals surface area contributed by atoms with Crippen LogP contribution >= 0.6 is 27.5 Å². The zero-order chi connectivity index (χ0) is 16.8. The first-order chi connectivity index (χ1) is 10.0. The summed E-state index contributed by atoms with van der Waals surface area (Å²) in [5.41, 5.74) is -1.09. The Morgan fingerprint density at radius 1 is 1.55 bits per heavy atom. The molecule has 22 heavy (non-hydrogen) atoms. The summed E-state index contributed by atoms with van der Waals surface area (Å²) in [6.45, 7) is -0.428. The Morgan fingerprint density at radius 2 is 2.14 bits per heavy atom. The lowest BCUT2D eigenvalue weighted by Gasteiger charge is -2.20. The van der Waals surface area contributed by atoms with E-state index in [1.165, 1.54) is 0 Å². The number of hydrogen-bond acceptors (Lipinski definition) is 4. The summed E-state index contributed by atoms with van der Waals surface area (Å²) < 4.78 is 36.8. The molecule has 0 bridgehead atoms. The molecule has 1 fully saturated rings. The number of rotatable bonds is 3. The summed E-state index contributed by atoms with van der Waals surface area (Å²) in [7, 11) is -4.01. The number of benzene rings is 1. The third-order valence-corrected chi connectivity index (χ3v) is 5.74. The maximum Gasteiger partial charge on any atom is 0.337 e. The molecule has 1 unspecified atom stereocenters. The standard InChI is InChI=1S/C11H9BrClFN2O5S/c12-8-6(13)2-5(11(18)19)10(9(8)14)16-3-4(1-7(16)17)22(15,20)21/h2,4H,1,3H2,(H,18,19)(H2,15,20,21). The number of amides is 1. The lowest BCUT2D eigenvalue weighted by molar-refractivity contribution is -0.117. The van der Waals surface area contributed by atoms with E-state index in [0.29, 0.717) is 0 Å². The fourth-order valence-corrected chi connectivity index (χ4v) is 3.35. The van der Waals surface area contributed by atoms with Gasteiger partial charge < -0.3 is 10.0 Å². The molecule has 2 rings (SSSR count). The molecular formula is C11H9BrClFN2O5S. The van der Waals surface area contributed by atoms with Gasteiger partial charge in [0.2, 0.25) is 15.9 Å². The molecule has 11 heteroatoms. The van der Waals surface area contributed by atoms with E-state index in [4.69, 9.17) is 21.8 Å². The number of nitrogens with two attached hydrogens (primary N) is 1. The normalized spacial score (nSPS) is 18.8. The number of primary sulfonamides is 1. The Hall–Kier alpha value is -1.23. The minimum absolute atomic E-state index is 0.187. The van der Waals surface area contributed by atoms with Crippen molar-refractivity contribution in [1.82, 2.24) is 0 Å². The number of anilines is 1. The maximum atomic E-state index is 14.4. The van der Waals surface area contributed by atoms with E-state index < -0.39 is 57.2 Å². The second-order valence-electron chi connectivity index (χ2n) is 4.61. The second kappa shape index (κ2) is 5.76. The van der Waals surface area contributed by atoms with Crippen LogP contribution in [-0.4, -0.2) is 37.2 Å². The van der Waals surface area contributed by atoms with Gasteiger partial charge in [-0.05, 0) is 22.0 Å². The van der Waals surface area contributed by atoms with Crippen LogP contribution in [0.4, 0.5) is 10.1 Å². The number of carbonyl (C=O) groups is 2. The maximum absolute atomic E-state index is 14.4. The molecule has 0 aliphatic carbocycles. The van der Waals surface area contributed by atoms with E-state index in [0.717, 1.165) is 11.0 Å². The molecule has 0 aromatic heterocycles. The third-order valence-electron chi connectivity index (χ3n) is 3.19. The Labute approximate surface area is 138 Å². The highest BCUT2D eigenvalue weighted by molar-refractivity contribution is 9.10. The molecule has 0 saturated carbocycles. The predicted molar refractivity (Wildman–Crippen MR) is 79.9 cm³/mol. The van der Waals surface area contributed by atoms with Gasteiger partial charge in [0.25, 0.3) is 0 Å². The largest absolute Gasteiger partial charge is 0.478 e. The van der Waals surface area contributed by atoms with Crippen molar-refractivity contribution in [1.29, 1.82) is 0 Å². The first-order valence-corrected chi connectivity index (χ1v) is 8.54. The Balaban J connectivity index is 2.60. The fourth-order valence-electron chi connectivity index (χ4n) is 2.12. The summed E-state index contributed by atoms with van der Waals surface area (Å²) in [4.78, 5) is 24.0. The molecule has 7 nitrogen and oxygen atoms in total. The average molecular weight is 416 g/mol. The molecule has 0 spiro atoms. The smallest absolute Gasteiger partial charge is 0.337 e.